The molecule has 1 aliphatic rings. The smallest absolute Gasteiger partial charge is 0.157 e. The molecular formula is C22H17N5O. The molecule has 0 bridgehead atoms. The van der Waals surface area contributed by atoms with Gasteiger partial charge in [-0.2, -0.15) is 10.4 Å². The summed E-state index contributed by atoms with van der Waals surface area (Å²) in [6.07, 6.45) is 8.02. The van der Waals surface area contributed by atoms with E-state index in [9.17, 15) is 0 Å². The summed E-state index contributed by atoms with van der Waals surface area (Å²) in [5.74, 6) is 1.51. The zero-order chi connectivity index (χ0) is 18.9. The quantitative estimate of drug-likeness (QED) is 0.544. The number of aromatic nitrogens is 4. The lowest BCUT2D eigenvalue weighted by molar-refractivity contribution is 0.183. The molecule has 0 spiro atoms. The Morgan fingerprint density at radius 3 is 2.96 bits per heavy atom. The van der Waals surface area contributed by atoms with Gasteiger partial charge in [0.05, 0.1) is 23.3 Å². The molecule has 6 heteroatoms. The van der Waals surface area contributed by atoms with Gasteiger partial charge in [0.2, 0.25) is 0 Å². The molecule has 6 nitrogen and oxygen atoms in total. The fourth-order valence-electron chi connectivity index (χ4n) is 3.79. The monoisotopic (exact) mass is 367 g/mol. The number of fused-ring (bicyclic) bond motifs is 2. The summed E-state index contributed by atoms with van der Waals surface area (Å²) in [6.45, 7) is 0. The van der Waals surface area contributed by atoms with Crippen LogP contribution in [0.1, 0.15) is 35.6 Å². The minimum absolute atomic E-state index is 0.00985. The van der Waals surface area contributed by atoms with Gasteiger partial charge in [-0.25, -0.2) is 14.6 Å². The van der Waals surface area contributed by atoms with E-state index in [0.29, 0.717) is 11.4 Å². The summed E-state index contributed by atoms with van der Waals surface area (Å²) in [6, 6.07) is 15.9. The number of nitrogens with zero attached hydrogens (tertiary/aromatic N) is 5. The van der Waals surface area contributed by atoms with Crippen LogP contribution in [0, 0.1) is 11.3 Å². The van der Waals surface area contributed by atoms with Gasteiger partial charge >= 0.3 is 0 Å². The van der Waals surface area contributed by atoms with E-state index in [4.69, 9.17) is 10.00 Å². The van der Waals surface area contributed by atoms with Crippen LogP contribution < -0.4 is 4.74 Å². The second-order valence-corrected chi connectivity index (χ2v) is 6.87. The average molecular weight is 367 g/mol. The van der Waals surface area contributed by atoms with Gasteiger partial charge in [0.15, 0.2) is 5.82 Å². The molecule has 0 fully saturated rings. The van der Waals surface area contributed by atoms with Crippen LogP contribution in [0.25, 0.3) is 16.7 Å². The lowest BCUT2D eigenvalue weighted by Crippen LogP contribution is -2.15. The lowest BCUT2D eigenvalue weighted by atomic mass is 9.88. The van der Waals surface area contributed by atoms with Crippen molar-refractivity contribution in [3.63, 3.8) is 0 Å². The van der Waals surface area contributed by atoms with Crippen molar-refractivity contribution >= 4 is 10.9 Å². The Kier molecular flexibility index (Phi) is 3.99. The Morgan fingerprint density at radius 2 is 2.11 bits per heavy atom. The Bertz CT molecular complexity index is 1190. The number of rotatable bonds is 3. The molecule has 0 aliphatic heterocycles. The van der Waals surface area contributed by atoms with Gasteiger partial charge in [0.1, 0.15) is 18.2 Å². The van der Waals surface area contributed by atoms with Crippen molar-refractivity contribution in [3.8, 4) is 17.6 Å². The zero-order valence-corrected chi connectivity index (χ0v) is 15.1. The van der Waals surface area contributed by atoms with E-state index in [-0.39, 0.29) is 6.10 Å². The van der Waals surface area contributed by atoms with Gasteiger partial charge < -0.3 is 4.74 Å². The van der Waals surface area contributed by atoms with Gasteiger partial charge in [-0.3, -0.25) is 0 Å². The predicted molar refractivity (Wildman–Crippen MR) is 104 cm³/mol. The van der Waals surface area contributed by atoms with E-state index in [0.717, 1.165) is 35.9 Å². The number of nitriles is 1. The fourth-order valence-corrected chi connectivity index (χ4v) is 3.79. The molecule has 2 aromatic carbocycles. The van der Waals surface area contributed by atoms with Crippen LogP contribution in [-0.4, -0.2) is 19.7 Å². The first-order valence-electron chi connectivity index (χ1n) is 9.25. The molecular weight excluding hydrogens is 350 g/mol. The van der Waals surface area contributed by atoms with Crippen molar-refractivity contribution in [1.82, 2.24) is 19.7 Å². The molecule has 0 amide bonds. The highest BCUT2D eigenvalue weighted by molar-refractivity contribution is 5.81. The largest absolute Gasteiger partial charge is 0.486 e. The van der Waals surface area contributed by atoms with Gasteiger partial charge in [0, 0.05) is 23.7 Å². The molecule has 0 saturated carbocycles. The Morgan fingerprint density at radius 1 is 1.14 bits per heavy atom. The molecule has 1 atom stereocenters. The molecule has 5 rings (SSSR count). The Hall–Kier alpha value is -3.72. The standard InChI is InChI=1S/C22H17N5O/c23-12-15-4-7-19-16(10-15)2-1-3-21(19)28-18-6-5-17-13-26-27(20(17)11-18)22-8-9-24-14-25-22/h4-11,13-14,21H,1-3H2/t21-/m0/s1. The average Bonchev–Trinajstić information content (AvgIpc) is 3.17. The first-order chi connectivity index (χ1) is 13.8. The van der Waals surface area contributed by atoms with Crippen LogP contribution in [-0.2, 0) is 6.42 Å². The van der Waals surface area contributed by atoms with Crippen LogP contribution in [0.5, 0.6) is 5.75 Å². The third-order valence-corrected chi connectivity index (χ3v) is 5.14. The van der Waals surface area contributed by atoms with E-state index in [2.05, 4.69) is 21.1 Å². The fraction of sp³-hybridized carbons (Fsp3) is 0.182. The minimum Gasteiger partial charge on any atom is -0.486 e. The topological polar surface area (TPSA) is 76.6 Å². The van der Waals surface area contributed by atoms with Gasteiger partial charge in [-0.05, 0) is 54.7 Å². The number of hydrogen-bond acceptors (Lipinski definition) is 5. The van der Waals surface area contributed by atoms with Crippen molar-refractivity contribution in [2.24, 2.45) is 0 Å². The number of benzene rings is 2. The molecule has 0 unspecified atom stereocenters. The predicted octanol–water partition coefficient (Wildman–Crippen LogP) is 4.14. The van der Waals surface area contributed by atoms with Crippen LogP contribution in [0.15, 0.2) is 61.2 Å². The van der Waals surface area contributed by atoms with Crippen molar-refractivity contribution in [2.45, 2.75) is 25.4 Å². The van der Waals surface area contributed by atoms with E-state index in [1.807, 2.05) is 48.7 Å². The normalized spacial score (nSPS) is 15.8. The van der Waals surface area contributed by atoms with Crippen molar-refractivity contribution in [3.05, 3.63) is 77.9 Å². The summed E-state index contributed by atoms with van der Waals surface area (Å²) < 4.78 is 8.16. The third kappa shape index (κ3) is 2.87. The maximum atomic E-state index is 9.14. The van der Waals surface area contributed by atoms with Crippen LogP contribution in [0.3, 0.4) is 0 Å². The van der Waals surface area contributed by atoms with Crippen molar-refractivity contribution < 1.29 is 4.74 Å². The highest BCUT2D eigenvalue weighted by Crippen LogP contribution is 2.35. The minimum atomic E-state index is -0.00985. The summed E-state index contributed by atoms with van der Waals surface area (Å²) in [7, 11) is 0. The molecule has 0 saturated heterocycles. The number of aryl methyl sites for hydroxylation is 1. The van der Waals surface area contributed by atoms with Crippen LogP contribution >= 0.6 is 0 Å². The molecule has 0 radical (unpaired) electrons. The zero-order valence-electron chi connectivity index (χ0n) is 15.1. The highest BCUT2D eigenvalue weighted by atomic mass is 16.5. The second kappa shape index (κ2) is 6.78. The first kappa shape index (κ1) is 16.5. The van der Waals surface area contributed by atoms with E-state index < -0.39 is 0 Å². The summed E-state index contributed by atoms with van der Waals surface area (Å²) in [5.41, 5.74) is 4.03. The van der Waals surface area contributed by atoms with E-state index in [1.165, 1.54) is 17.5 Å². The third-order valence-electron chi connectivity index (χ3n) is 5.14. The molecule has 2 heterocycles. The molecule has 0 N–H and O–H groups in total. The summed E-state index contributed by atoms with van der Waals surface area (Å²) in [4.78, 5) is 8.25. The Labute approximate surface area is 162 Å². The summed E-state index contributed by atoms with van der Waals surface area (Å²) in [5, 5.41) is 14.6. The number of hydrogen-bond donors (Lipinski definition) is 0. The molecule has 136 valence electrons. The molecule has 4 aromatic rings. The van der Waals surface area contributed by atoms with E-state index in [1.54, 1.807) is 10.9 Å². The number of ether oxygens (including phenoxy) is 1. The molecule has 1 aliphatic carbocycles. The van der Waals surface area contributed by atoms with Crippen LogP contribution in [0.2, 0.25) is 0 Å². The molecule has 2 aromatic heterocycles. The van der Waals surface area contributed by atoms with Crippen molar-refractivity contribution in [2.75, 3.05) is 0 Å². The maximum absolute atomic E-state index is 9.14. The Balaban J connectivity index is 1.49. The SMILES string of the molecule is N#Cc1ccc2c(c1)CCC[C@@H]2Oc1ccc2cnn(-c3ccncn3)c2c1. The van der Waals surface area contributed by atoms with Gasteiger partial charge in [0.25, 0.3) is 0 Å². The second-order valence-electron chi connectivity index (χ2n) is 6.87. The maximum Gasteiger partial charge on any atom is 0.157 e. The van der Waals surface area contributed by atoms with Gasteiger partial charge in [-0.15, -0.1) is 0 Å². The lowest BCUT2D eigenvalue weighted by Gasteiger charge is -2.26. The van der Waals surface area contributed by atoms with Crippen molar-refractivity contribution in [1.29, 1.82) is 5.26 Å². The molecule has 28 heavy (non-hydrogen) atoms. The van der Waals surface area contributed by atoms with Crippen LogP contribution in [0.4, 0.5) is 0 Å². The first-order valence-corrected chi connectivity index (χ1v) is 9.25. The highest BCUT2D eigenvalue weighted by Gasteiger charge is 2.22. The summed E-state index contributed by atoms with van der Waals surface area (Å²) >= 11 is 0. The van der Waals surface area contributed by atoms with E-state index >= 15 is 0 Å². The van der Waals surface area contributed by atoms with Gasteiger partial charge in [-0.1, -0.05) is 6.07 Å².